The van der Waals surface area contributed by atoms with E-state index in [1.807, 2.05) is 36.4 Å². The van der Waals surface area contributed by atoms with Crippen LogP contribution in [0.15, 0.2) is 72.8 Å². The van der Waals surface area contributed by atoms with E-state index in [-0.39, 0.29) is 0 Å². The zero-order valence-corrected chi connectivity index (χ0v) is 15.7. The average molecular weight is 366 g/mol. The summed E-state index contributed by atoms with van der Waals surface area (Å²) >= 11 is 0. The van der Waals surface area contributed by atoms with Crippen molar-refractivity contribution >= 4 is 11.4 Å². The Morgan fingerprint density at radius 2 is 1.00 bits per heavy atom. The predicted molar refractivity (Wildman–Crippen MR) is 113 cm³/mol. The number of nitrogens with zero attached hydrogens (tertiary/aromatic N) is 2. The lowest BCUT2D eigenvalue weighted by Crippen LogP contribution is -2.11. The molecule has 28 heavy (non-hydrogen) atoms. The lowest BCUT2D eigenvalue weighted by atomic mass is 10.1. The van der Waals surface area contributed by atoms with E-state index >= 15 is 0 Å². The molecule has 0 aliphatic carbocycles. The summed E-state index contributed by atoms with van der Waals surface area (Å²) in [6.45, 7) is 1.49. The van der Waals surface area contributed by atoms with Gasteiger partial charge in [0.2, 0.25) is 0 Å². The average Bonchev–Trinajstić information content (AvgIpc) is 2.75. The SMILES string of the molecule is N#Cc1cc(NCCc2ccccc2)c(NCCc2ccccc2)cc1C#N. The third-order valence-corrected chi connectivity index (χ3v) is 4.54. The molecule has 0 saturated heterocycles. The van der Waals surface area contributed by atoms with E-state index in [1.54, 1.807) is 12.1 Å². The first-order valence-electron chi connectivity index (χ1n) is 9.34. The fourth-order valence-corrected chi connectivity index (χ4v) is 3.05. The molecule has 4 heteroatoms. The van der Waals surface area contributed by atoms with Crippen molar-refractivity contribution in [2.24, 2.45) is 0 Å². The molecule has 0 aromatic heterocycles. The van der Waals surface area contributed by atoms with Crippen LogP contribution in [-0.4, -0.2) is 13.1 Å². The molecule has 2 N–H and O–H groups in total. The molecule has 0 bridgehead atoms. The molecule has 0 radical (unpaired) electrons. The number of rotatable bonds is 8. The van der Waals surface area contributed by atoms with E-state index in [4.69, 9.17) is 0 Å². The van der Waals surface area contributed by atoms with Gasteiger partial charge in [0.05, 0.1) is 22.5 Å². The lowest BCUT2D eigenvalue weighted by molar-refractivity contribution is 1.00. The van der Waals surface area contributed by atoms with Crippen LogP contribution in [0.5, 0.6) is 0 Å². The van der Waals surface area contributed by atoms with Crippen LogP contribution in [0.1, 0.15) is 22.3 Å². The largest absolute Gasteiger partial charge is 0.383 e. The first kappa shape index (κ1) is 19.0. The number of benzene rings is 3. The maximum Gasteiger partial charge on any atom is 0.101 e. The molecular weight excluding hydrogens is 344 g/mol. The van der Waals surface area contributed by atoms with E-state index in [1.165, 1.54) is 11.1 Å². The van der Waals surface area contributed by atoms with Gasteiger partial charge in [-0.3, -0.25) is 0 Å². The number of hydrogen-bond acceptors (Lipinski definition) is 4. The molecule has 0 saturated carbocycles. The number of nitrogens with one attached hydrogen (secondary N) is 2. The Labute approximate surface area is 166 Å². The van der Waals surface area contributed by atoms with Crippen molar-refractivity contribution in [2.75, 3.05) is 23.7 Å². The van der Waals surface area contributed by atoms with Crippen LogP contribution in [-0.2, 0) is 12.8 Å². The highest BCUT2D eigenvalue weighted by Crippen LogP contribution is 2.26. The van der Waals surface area contributed by atoms with Crippen LogP contribution in [0.25, 0.3) is 0 Å². The topological polar surface area (TPSA) is 71.6 Å². The summed E-state index contributed by atoms with van der Waals surface area (Å²) in [5.41, 5.74) is 4.97. The quantitative estimate of drug-likeness (QED) is 0.604. The molecule has 0 amide bonds. The first-order valence-corrected chi connectivity index (χ1v) is 9.34. The van der Waals surface area contributed by atoms with Gasteiger partial charge in [-0.05, 0) is 36.1 Å². The maximum atomic E-state index is 9.34. The highest BCUT2D eigenvalue weighted by molar-refractivity contribution is 5.74. The van der Waals surface area contributed by atoms with Crippen molar-refractivity contribution in [3.8, 4) is 12.1 Å². The van der Waals surface area contributed by atoms with Gasteiger partial charge in [0.25, 0.3) is 0 Å². The highest BCUT2D eigenvalue weighted by atomic mass is 14.9. The van der Waals surface area contributed by atoms with Gasteiger partial charge in [0.1, 0.15) is 12.1 Å². The molecule has 0 unspecified atom stereocenters. The van der Waals surface area contributed by atoms with E-state index in [0.717, 1.165) is 37.3 Å². The third kappa shape index (κ3) is 5.13. The first-order chi connectivity index (χ1) is 13.8. The zero-order chi connectivity index (χ0) is 19.6. The Balaban J connectivity index is 1.70. The molecule has 3 aromatic rings. The Morgan fingerprint density at radius 1 is 0.607 bits per heavy atom. The summed E-state index contributed by atoms with van der Waals surface area (Å²) in [5, 5.41) is 25.5. The number of hydrogen-bond donors (Lipinski definition) is 2. The van der Waals surface area contributed by atoms with Gasteiger partial charge in [-0.2, -0.15) is 10.5 Å². The summed E-state index contributed by atoms with van der Waals surface area (Å²) in [6.07, 6.45) is 1.76. The standard InChI is InChI=1S/C24H22N4/c25-17-21-15-23(27-13-11-19-7-3-1-4-8-19)24(16-22(21)18-26)28-14-12-20-9-5-2-6-10-20/h1-10,15-16,27-28H,11-14H2. The molecule has 0 atom stereocenters. The van der Waals surface area contributed by atoms with E-state index in [2.05, 4.69) is 47.0 Å². The van der Waals surface area contributed by atoms with Gasteiger partial charge >= 0.3 is 0 Å². The second-order valence-corrected chi connectivity index (χ2v) is 6.49. The van der Waals surface area contributed by atoms with Crippen molar-refractivity contribution in [3.05, 3.63) is 95.1 Å². The van der Waals surface area contributed by atoms with Crippen molar-refractivity contribution < 1.29 is 0 Å². The summed E-state index contributed by atoms with van der Waals surface area (Å²) < 4.78 is 0. The van der Waals surface area contributed by atoms with E-state index in [9.17, 15) is 10.5 Å². The fourth-order valence-electron chi connectivity index (χ4n) is 3.05. The van der Waals surface area contributed by atoms with Crippen molar-refractivity contribution in [1.29, 1.82) is 10.5 Å². The molecule has 0 spiro atoms. The summed E-state index contributed by atoms with van der Waals surface area (Å²) in [5.74, 6) is 0. The van der Waals surface area contributed by atoms with Gasteiger partial charge in [-0.1, -0.05) is 60.7 Å². The summed E-state index contributed by atoms with van der Waals surface area (Å²) in [7, 11) is 0. The van der Waals surface area contributed by atoms with Crippen LogP contribution < -0.4 is 10.6 Å². The minimum absolute atomic E-state index is 0.387. The molecule has 0 heterocycles. The Bertz CT molecular complexity index is 900. The van der Waals surface area contributed by atoms with Crippen LogP contribution in [0.3, 0.4) is 0 Å². The van der Waals surface area contributed by atoms with Gasteiger partial charge in [-0.25, -0.2) is 0 Å². The van der Waals surface area contributed by atoms with Gasteiger partial charge in [0, 0.05) is 13.1 Å². The van der Waals surface area contributed by atoms with Gasteiger partial charge < -0.3 is 10.6 Å². The zero-order valence-electron chi connectivity index (χ0n) is 15.7. The number of nitriles is 2. The van der Waals surface area contributed by atoms with Gasteiger partial charge in [-0.15, -0.1) is 0 Å². The second-order valence-electron chi connectivity index (χ2n) is 6.49. The van der Waals surface area contributed by atoms with E-state index in [0.29, 0.717) is 11.1 Å². The fraction of sp³-hybridized carbons (Fsp3) is 0.167. The minimum atomic E-state index is 0.387. The number of anilines is 2. The van der Waals surface area contributed by atoms with Crippen LogP contribution in [0, 0.1) is 22.7 Å². The van der Waals surface area contributed by atoms with Crippen LogP contribution in [0.2, 0.25) is 0 Å². The third-order valence-electron chi connectivity index (χ3n) is 4.54. The Kier molecular flexibility index (Phi) is 6.66. The van der Waals surface area contributed by atoms with Crippen LogP contribution >= 0.6 is 0 Å². The molecule has 0 fully saturated rings. The molecule has 0 aliphatic heterocycles. The molecule has 0 aliphatic rings. The maximum absolute atomic E-state index is 9.34. The van der Waals surface area contributed by atoms with E-state index < -0.39 is 0 Å². The molecular formula is C24H22N4. The minimum Gasteiger partial charge on any atom is -0.383 e. The Morgan fingerprint density at radius 3 is 1.36 bits per heavy atom. The molecule has 3 rings (SSSR count). The van der Waals surface area contributed by atoms with Gasteiger partial charge in [0.15, 0.2) is 0 Å². The van der Waals surface area contributed by atoms with Crippen molar-refractivity contribution in [2.45, 2.75) is 12.8 Å². The normalized spacial score (nSPS) is 9.93. The second kappa shape index (κ2) is 9.80. The summed E-state index contributed by atoms with van der Waals surface area (Å²) in [4.78, 5) is 0. The predicted octanol–water partition coefficient (Wildman–Crippen LogP) is 4.74. The Hall–Kier alpha value is -3.76. The lowest BCUT2D eigenvalue weighted by Gasteiger charge is -2.15. The highest BCUT2D eigenvalue weighted by Gasteiger charge is 2.10. The molecule has 3 aromatic carbocycles. The smallest absolute Gasteiger partial charge is 0.101 e. The monoisotopic (exact) mass is 366 g/mol. The van der Waals surface area contributed by atoms with Crippen molar-refractivity contribution in [1.82, 2.24) is 0 Å². The summed E-state index contributed by atoms with van der Waals surface area (Å²) in [6, 6.07) is 28.3. The van der Waals surface area contributed by atoms with Crippen molar-refractivity contribution in [3.63, 3.8) is 0 Å². The van der Waals surface area contributed by atoms with Crippen LogP contribution in [0.4, 0.5) is 11.4 Å². The molecule has 4 nitrogen and oxygen atoms in total. The molecule has 138 valence electrons.